The molecular weight excluding hydrogens is 238 g/mol. The molecule has 0 aromatic carbocycles. The largest absolute Gasteiger partial charge is 0.444 e. The van der Waals surface area contributed by atoms with E-state index in [0.717, 1.165) is 0 Å². The quantitative estimate of drug-likeness (QED) is 0.772. The predicted octanol–water partition coefficient (Wildman–Crippen LogP) is 1.23. The molecule has 6 nitrogen and oxygen atoms in total. The molecule has 1 saturated heterocycles. The topological polar surface area (TPSA) is 73.9 Å². The number of ether oxygens (including phenoxy) is 3. The Hall–Kier alpha value is -1.14. The first-order chi connectivity index (χ1) is 8.13. The Morgan fingerprint density at radius 2 is 2.11 bits per heavy atom. The van der Waals surface area contributed by atoms with Crippen LogP contribution in [0.15, 0.2) is 0 Å². The lowest BCUT2D eigenvalue weighted by molar-refractivity contribution is -0.143. The zero-order valence-corrected chi connectivity index (χ0v) is 11.5. The van der Waals surface area contributed by atoms with Crippen molar-refractivity contribution in [1.82, 2.24) is 5.32 Å². The summed E-state index contributed by atoms with van der Waals surface area (Å²) in [5.41, 5.74) is -0.607. The molecule has 1 N–H and O–H groups in total. The number of aldehydes is 1. The van der Waals surface area contributed by atoms with E-state index >= 15 is 0 Å². The molecule has 0 aliphatic carbocycles. The molecule has 0 aromatic heterocycles. The van der Waals surface area contributed by atoms with Gasteiger partial charge in [0.25, 0.3) is 0 Å². The number of hydrogen-bond acceptors (Lipinski definition) is 5. The van der Waals surface area contributed by atoms with Crippen LogP contribution in [0.5, 0.6) is 0 Å². The van der Waals surface area contributed by atoms with Gasteiger partial charge in [-0.2, -0.15) is 0 Å². The van der Waals surface area contributed by atoms with Crippen molar-refractivity contribution in [2.45, 2.75) is 58.2 Å². The molecular formula is C12H21NO5. The summed E-state index contributed by atoms with van der Waals surface area (Å²) in [6.45, 7) is 9.01. The van der Waals surface area contributed by atoms with E-state index in [2.05, 4.69) is 5.32 Å². The lowest BCUT2D eigenvalue weighted by Crippen LogP contribution is -2.47. The SMILES string of the molecule is CC(C)(C)OC(=O)N[C@@H](C=O)[C@H]1COC(C)(C)O1. The van der Waals surface area contributed by atoms with E-state index in [1.807, 2.05) is 0 Å². The Bertz CT molecular complexity index is 321. The molecule has 0 saturated carbocycles. The van der Waals surface area contributed by atoms with Crippen molar-refractivity contribution in [3.05, 3.63) is 0 Å². The highest BCUT2D eigenvalue weighted by atomic mass is 16.7. The summed E-state index contributed by atoms with van der Waals surface area (Å²) < 4.78 is 15.9. The number of amides is 1. The van der Waals surface area contributed by atoms with Crippen LogP contribution in [0.3, 0.4) is 0 Å². The molecule has 1 aliphatic rings. The number of carbonyl (C=O) groups is 2. The number of alkyl carbamates (subject to hydrolysis) is 1. The fourth-order valence-electron chi connectivity index (χ4n) is 1.55. The maximum atomic E-state index is 11.6. The second-order valence-corrected chi connectivity index (χ2v) is 5.68. The van der Waals surface area contributed by atoms with Gasteiger partial charge in [-0.05, 0) is 34.6 Å². The van der Waals surface area contributed by atoms with Crippen molar-refractivity contribution < 1.29 is 23.8 Å². The van der Waals surface area contributed by atoms with Gasteiger partial charge in [0.15, 0.2) is 5.79 Å². The van der Waals surface area contributed by atoms with Crippen molar-refractivity contribution in [2.24, 2.45) is 0 Å². The second kappa shape index (κ2) is 5.24. The van der Waals surface area contributed by atoms with Crippen molar-refractivity contribution in [1.29, 1.82) is 0 Å². The predicted molar refractivity (Wildman–Crippen MR) is 64.1 cm³/mol. The molecule has 0 bridgehead atoms. The maximum absolute atomic E-state index is 11.6. The lowest BCUT2D eigenvalue weighted by Gasteiger charge is -2.24. The summed E-state index contributed by atoms with van der Waals surface area (Å²) in [5.74, 6) is -0.735. The molecule has 0 radical (unpaired) electrons. The van der Waals surface area contributed by atoms with E-state index in [9.17, 15) is 9.59 Å². The second-order valence-electron chi connectivity index (χ2n) is 5.68. The first kappa shape index (κ1) is 14.9. The van der Waals surface area contributed by atoms with Crippen molar-refractivity contribution >= 4 is 12.4 Å². The zero-order valence-electron chi connectivity index (χ0n) is 11.5. The maximum Gasteiger partial charge on any atom is 0.408 e. The zero-order chi connectivity index (χ0) is 14.0. The lowest BCUT2D eigenvalue weighted by atomic mass is 10.2. The third-order valence-electron chi connectivity index (χ3n) is 2.26. The first-order valence-electron chi connectivity index (χ1n) is 5.89. The number of carbonyl (C=O) groups excluding carboxylic acids is 2. The number of hydrogen-bond donors (Lipinski definition) is 1. The van der Waals surface area contributed by atoms with Crippen LogP contribution < -0.4 is 5.32 Å². The highest BCUT2D eigenvalue weighted by molar-refractivity contribution is 5.73. The third kappa shape index (κ3) is 4.62. The molecule has 0 unspecified atom stereocenters. The minimum atomic E-state index is -0.776. The van der Waals surface area contributed by atoms with Gasteiger partial charge in [-0.25, -0.2) is 4.79 Å². The van der Waals surface area contributed by atoms with Gasteiger partial charge in [0, 0.05) is 0 Å². The summed E-state index contributed by atoms with van der Waals surface area (Å²) in [6.07, 6.45) is -0.516. The average Bonchev–Trinajstić information content (AvgIpc) is 2.52. The molecule has 18 heavy (non-hydrogen) atoms. The van der Waals surface area contributed by atoms with E-state index in [0.29, 0.717) is 6.29 Å². The molecule has 0 aromatic rings. The molecule has 2 atom stereocenters. The highest BCUT2D eigenvalue weighted by Crippen LogP contribution is 2.23. The van der Waals surface area contributed by atoms with Crippen LogP contribution in [-0.2, 0) is 19.0 Å². The minimum absolute atomic E-state index is 0.256. The van der Waals surface area contributed by atoms with E-state index < -0.39 is 29.6 Å². The Morgan fingerprint density at radius 1 is 1.50 bits per heavy atom. The molecule has 1 fully saturated rings. The van der Waals surface area contributed by atoms with E-state index in [4.69, 9.17) is 14.2 Å². The Balaban J connectivity index is 2.53. The van der Waals surface area contributed by atoms with Gasteiger partial charge >= 0.3 is 6.09 Å². The molecule has 1 rings (SSSR count). The summed E-state index contributed by atoms with van der Waals surface area (Å²) in [6, 6.07) is -0.776. The van der Waals surface area contributed by atoms with Gasteiger partial charge in [0.1, 0.15) is 24.0 Å². The fraction of sp³-hybridized carbons (Fsp3) is 0.833. The summed E-state index contributed by atoms with van der Waals surface area (Å²) in [4.78, 5) is 22.6. The van der Waals surface area contributed by atoms with Gasteiger partial charge in [-0.1, -0.05) is 0 Å². The molecule has 104 valence electrons. The van der Waals surface area contributed by atoms with E-state index in [1.165, 1.54) is 0 Å². The standard InChI is InChI=1S/C12H21NO5/c1-11(2,3)18-10(15)13-8(6-14)9-7-16-12(4,5)17-9/h6,8-9H,7H2,1-5H3,(H,13,15)/t8-,9+/m0/s1. The Kier molecular flexibility index (Phi) is 4.34. The summed E-state index contributed by atoms with van der Waals surface area (Å²) in [7, 11) is 0. The van der Waals surface area contributed by atoms with Crippen LogP contribution in [0.2, 0.25) is 0 Å². The average molecular weight is 259 g/mol. The van der Waals surface area contributed by atoms with Crippen LogP contribution in [0.4, 0.5) is 4.79 Å². The van der Waals surface area contributed by atoms with Crippen LogP contribution >= 0.6 is 0 Å². The number of rotatable bonds is 3. The van der Waals surface area contributed by atoms with Crippen molar-refractivity contribution in [2.75, 3.05) is 6.61 Å². The normalized spacial score (nSPS) is 24.4. The third-order valence-corrected chi connectivity index (χ3v) is 2.26. The molecule has 1 amide bonds. The van der Waals surface area contributed by atoms with Gasteiger partial charge < -0.3 is 24.3 Å². The Morgan fingerprint density at radius 3 is 2.50 bits per heavy atom. The molecule has 6 heteroatoms. The highest BCUT2D eigenvalue weighted by Gasteiger charge is 2.38. The van der Waals surface area contributed by atoms with Gasteiger partial charge in [-0.15, -0.1) is 0 Å². The minimum Gasteiger partial charge on any atom is -0.444 e. The van der Waals surface area contributed by atoms with E-state index in [-0.39, 0.29) is 6.61 Å². The smallest absolute Gasteiger partial charge is 0.408 e. The van der Waals surface area contributed by atoms with Crippen LogP contribution in [0.25, 0.3) is 0 Å². The van der Waals surface area contributed by atoms with E-state index in [1.54, 1.807) is 34.6 Å². The molecule has 1 heterocycles. The van der Waals surface area contributed by atoms with Gasteiger partial charge in [0.05, 0.1) is 6.61 Å². The fourth-order valence-corrected chi connectivity index (χ4v) is 1.55. The van der Waals surface area contributed by atoms with Crippen LogP contribution in [-0.4, -0.2) is 42.5 Å². The summed E-state index contributed by atoms with van der Waals surface area (Å²) >= 11 is 0. The Labute approximate surface area is 107 Å². The first-order valence-corrected chi connectivity index (χ1v) is 5.89. The van der Waals surface area contributed by atoms with Gasteiger partial charge in [0.2, 0.25) is 0 Å². The molecule has 1 aliphatic heterocycles. The van der Waals surface area contributed by atoms with Gasteiger partial charge in [-0.3, -0.25) is 0 Å². The molecule has 0 spiro atoms. The van der Waals surface area contributed by atoms with Crippen LogP contribution in [0, 0.1) is 0 Å². The monoisotopic (exact) mass is 259 g/mol. The van der Waals surface area contributed by atoms with Crippen molar-refractivity contribution in [3.8, 4) is 0 Å². The van der Waals surface area contributed by atoms with Crippen LogP contribution in [0.1, 0.15) is 34.6 Å². The number of nitrogens with one attached hydrogen (secondary N) is 1. The van der Waals surface area contributed by atoms with Crippen molar-refractivity contribution in [3.63, 3.8) is 0 Å². The summed E-state index contributed by atoms with van der Waals surface area (Å²) in [5, 5.41) is 2.47.